The molecule has 11 nitrogen and oxygen atoms in total. The van der Waals surface area contributed by atoms with Gasteiger partial charge in [0, 0.05) is 6.04 Å². The maximum Gasteiger partial charge on any atom is 0.408 e. The van der Waals surface area contributed by atoms with E-state index in [1.54, 1.807) is 51.1 Å². The van der Waals surface area contributed by atoms with Crippen molar-refractivity contribution in [1.29, 1.82) is 0 Å². The number of nitrogens with one attached hydrogen (secondary N) is 2. The predicted molar refractivity (Wildman–Crippen MR) is 117 cm³/mol. The van der Waals surface area contributed by atoms with Crippen molar-refractivity contribution in [3.63, 3.8) is 0 Å². The van der Waals surface area contributed by atoms with Gasteiger partial charge in [0.25, 0.3) is 5.91 Å². The Morgan fingerprint density at radius 3 is 2.24 bits per heavy atom. The molecule has 178 valence electrons. The number of nitrogens with two attached hydrogens (primary N) is 1. The Balaban J connectivity index is 3.29. The predicted octanol–water partition coefficient (Wildman–Crippen LogP) is 0.205. The van der Waals surface area contributed by atoms with E-state index in [-0.39, 0.29) is 0 Å². The van der Waals surface area contributed by atoms with Crippen LogP contribution >= 0.6 is 0 Å². The van der Waals surface area contributed by atoms with E-state index in [4.69, 9.17) is 16.9 Å². The minimum absolute atomic E-state index is 0.321. The number of hydrogen-bond acceptors (Lipinski definition) is 7. The zero-order chi connectivity index (χ0) is 25.2. The molecular weight excluding hydrogens is 432 g/mol. The maximum atomic E-state index is 13.3. The first-order valence-electron chi connectivity index (χ1n) is 9.86. The van der Waals surface area contributed by atoms with E-state index in [2.05, 4.69) is 21.4 Å². The number of nitrogens with zero attached hydrogens (tertiary/aromatic N) is 1. The van der Waals surface area contributed by atoms with Crippen molar-refractivity contribution in [3.8, 4) is 12.5 Å². The highest BCUT2D eigenvalue weighted by Crippen LogP contribution is 2.22. The number of carbonyl (C=O) groups is 5. The van der Waals surface area contributed by atoms with Gasteiger partial charge < -0.3 is 25.8 Å². The summed E-state index contributed by atoms with van der Waals surface area (Å²) in [4.78, 5) is 62.1. The van der Waals surface area contributed by atoms with Gasteiger partial charge in [-0.05, 0) is 26.3 Å². The van der Waals surface area contributed by atoms with E-state index in [9.17, 15) is 24.0 Å². The third-order valence-corrected chi connectivity index (χ3v) is 4.03. The second kappa shape index (κ2) is 12.1. The average molecular weight is 460 g/mol. The smallest absolute Gasteiger partial charge is 0.408 e. The van der Waals surface area contributed by atoms with Gasteiger partial charge in [0.05, 0.1) is 13.5 Å². The van der Waals surface area contributed by atoms with Crippen LogP contribution in [0, 0.1) is 12.5 Å². The summed E-state index contributed by atoms with van der Waals surface area (Å²) < 4.78 is 9.63. The molecule has 11 heteroatoms. The fraction of sp³-hybridized carbons (Fsp3) is 0.409. The Morgan fingerprint density at radius 1 is 1.15 bits per heavy atom. The van der Waals surface area contributed by atoms with Crippen LogP contribution in [0.25, 0.3) is 0 Å². The molecule has 0 spiro atoms. The number of ether oxygens (including phenoxy) is 2. The molecule has 0 aliphatic heterocycles. The molecule has 1 aromatic carbocycles. The van der Waals surface area contributed by atoms with Crippen LogP contribution in [0.4, 0.5) is 4.79 Å². The van der Waals surface area contributed by atoms with Crippen LogP contribution in [-0.4, -0.2) is 60.0 Å². The van der Waals surface area contributed by atoms with E-state index in [0.29, 0.717) is 10.5 Å². The molecule has 1 rings (SSSR count). The van der Waals surface area contributed by atoms with Crippen molar-refractivity contribution in [1.82, 2.24) is 15.5 Å². The Bertz CT molecular complexity index is 919. The molecular formula is C22H28N4O7. The molecule has 4 amide bonds. The lowest BCUT2D eigenvalue weighted by atomic mass is 10.0. The van der Waals surface area contributed by atoms with Gasteiger partial charge in [-0.2, -0.15) is 0 Å². The highest BCUT2D eigenvalue weighted by molar-refractivity contribution is 5.96. The van der Waals surface area contributed by atoms with Crippen molar-refractivity contribution < 1.29 is 33.4 Å². The molecule has 2 atom stereocenters. The van der Waals surface area contributed by atoms with Gasteiger partial charge in [-0.1, -0.05) is 36.8 Å². The summed E-state index contributed by atoms with van der Waals surface area (Å²) in [7, 11) is 1.15. The van der Waals surface area contributed by atoms with Crippen molar-refractivity contribution in [2.24, 2.45) is 5.73 Å². The van der Waals surface area contributed by atoms with Crippen LogP contribution in [-0.2, 0) is 28.7 Å². The first-order valence-corrected chi connectivity index (χ1v) is 9.86. The number of esters is 1. The first-order chi connectivity index (χ1) is 15.4. The molecule has 0 radical (unpaired) electrons. The van der Waals surface area contributed by atoms with Gasteiger partial charge in [0.2, 0.25) is 11.8 Å². The summed E-state index contributed by atoms with van der Waals surface area (Å²) in [6, 6.07) is 7.25. The van der Waals surface area contributed by atoms with Crippen molar-refractivity contribution in [2.45, 2.75) is 44.9 Å². The monoisotopic (exact) mass is 460 g/mol. The zero-order valence-electron chi connectivity index (χ0n) is 18.9. The van der Waals surface area contributed by atoms with E-state index < -0.39 is 60.4 Å². The number of primary amides is 1. The summed E-state index contributed by atoms with van der Waals surface area (Å²) in [6.07, 6.45) is 3.98. The van der Waals surface area contributed by atoms with Crippen LogP contribution < -0.4 is 16.4 Å². The average Bonchev–Trinajstić information content (AvgIpc) is 2.73. The lowest BCUT2D eigenvalue weighted by Gasteiger charge is -2.30. The standard InChI is InChI=1S/C22H28N4O7/c1-6-26(20(30)15(12-16(23)27)25-21(31)33-22(2,3)4)18(14-10-8-7-9-11-14)19(29)24-13-17(28)32-5/h1,7-11,15,18H,12-13H2,2-5H3,(H2,23,27)(H,24,29)(H,25,31). The third-order valence-electron chi connectivity index (χ3n) is 4.03. The Hall–Kier alpha value is -4.07. The maximum absolute atomic E-state index is 13.3. The van der Waals surface area contributed by atoms with Crippen molar-refractivity contribution in [2.75, 3.05) is 13.7 Å². The van der Waals surface area contributed by atoms with E-state index in [1.807, 2.05) is 0 Å². The largest absolute Gasteiger partial charge is 0.468 e. The Labute approximate surface area is 192 Å². The van der Waals surface area contributed by atoms with Gasteiger partial charge >= 0.3 is 12.1 Å². The topological polar surface area (TPSA) is 157 Å². The summed E-state index contributed by atoms with van der Waals surface area (Å²) in [5.74, 6) is -3.35. The quantitative estimate of drug-likeness (QED) is 0.270. The SMILES string of the molecule is C#CN(C(=O)C(CC(N)=O)NC(=O)OC(C)(C)C)C(C(=O)NCC(=O)OC)c1ccccc1. The Morgan fingerprint density at radius 2 is 1.76 bits per heavy atom. The minimum atomic E-state index is -1.51. The summed E-state index contributed by atoms with van der Waals surface area (Å²) >= 11 is 0. The summed E-state index contributed by atoms with van der Waals surface area (Å²) in [6.45, 7) is 4.37. The van der Waals surface area contributed by atoms with Crippen LogP contribution in [0.3, 0.4) is 0 Å². The number of alkyl carbamates (subject to hydrolysis) is 1. The molecule has 0 aromatic heterocycles. The Kier molecular flexibility index (Phi) is 9.88. The van der Waals surface area contributed by atoms with Crippen LogP contribution in [0.15, 0.2) is 30.3 Å². The molecule has 0 heterocycles. The fourth-order valence-electron chi connectivity index (χ4n) is 2.67. The molecule has 0 aliphatic rings. The zero-order valence-corrected chi connectivity index (χ0v) is 18.9. The molecule has 4 N–H and O–H groups in total. The van der Waals surface area contributed by atoms with Gasteiger partial charge in [-0.15, -0.1) is 0 Å². The summed E-state index contributed by atoms with van der Waals surface area (Å²) in [5, 5.41) is 4.62. The number of carbonyl (C=O) groups excluding carboxylic acids is 5. The van der Waals surface area contributed by atoms with E-state index >= 15 is 0 Å². The van der Waals surface area contributed by atoms with Crippen LogP contribution in [0.5, 0.6) is 0 Å². The number of terminal acetylenes is 1. The third kappa shape index (κ3) is 8.90. The number of benzene rings is 1. The van der Waals surface area contributed by atoms with Gasteiger partial charge in [-0.3, -0.25) is 24.1 Å². The number of hydrogen-bond donors (Lipinski definition) is 3. The molecule has 33 heavy (non-hydrogen) atoms. The number of methoxy groups -OCH3 is 1. The van der Waals surface area contributed by atoms with E-state index in [0.717, 1.165) is 7.11 Å². The minimum Gasteiger partial charge on any atom is -0.468 e. The molecule has 0 aliphatic carbocycles. The molecule has 0 saturated carbocycles. The van der Waals surface area contributed by atoms with Gasteiger partial charge in [0.15, 0.2) is 0 Å². The number of amides is 4. The fourth-order valence-corrected chi connectivity index (χ4v) is 2.67. The second-order valence-corrected chi connectivity index (χ2v) is 7.81. The van der Waals surface area contributed by atoms with Gasteiger partial charge in [-0.25, -0.2) is 4.79 Å². The first kappa shape index (κ1) is 27.0. The summed E-state index contributed by atoms with van der Waals surface area (Å²) in [5.41, 5.74) is 4.68. The molecule has 0 saturated heterocycles. The lowest BCUT2D eigenvalue weighted by Crippen LogP contribution is -2.52. The molecule has 0 bridgehead atoms. The highest BCUT2D eigenvalue weighted by atomic mass is 16.6. The normalized spacial score (nSPS) is 12.3. The molecule has 0 fully saturated rings. The second-order valence-electron chi connectivity index (χ2n) is 7.81. The van der Waals surface area contributed by atoms with Crippen molar-refractivity contribution in [3.05, 3.63) is 35.9 Å². The molecule has 2 unspecified atom stereocenters. The molecule has 1 aromatic rings. The van der Waals surface area contributed by atoms with Crippen LogP contribution in [0.1, 0.15) is 38.8 Å². The van der Waals surface area contributed by atoms with Crippen LogP contribution in [0.2, 0.25) is 0 Å². The number of rotatable bonds is 9. The lowest BCUT2D eigenvalue weighted by molar-refractivity contribution is -0.143. The van der Waals surface area contributed by atoms with Crippen molar-refractivity contribution >= 4 is 29.8 Å². The van der Waals surface area contributed by atoms with Gasteiger partial charge in [0.1, 0.15) is 24.2 Å². The van der Waals surface area contributed by atoms with E-state index in [1.165, 1.54) is 0 Å². The highest BCUT2D eigenvalue weighted by Gasteiger charge is 2.36.